The molecule has 0 aliphatic heterocycles. The maximum Gasteiger partial charge on any atom is 0.234 e. The Morgan fingerprint density at radius 3 is 3.06 bits per heavy atom. The van der Waals surface area contributed by atoms with Gasteiger partial charge < -0.3 is 5.32 Å². The lowest BCUT2D eigenvalue weighted by Gasteiger charge is -2.14. The van der Waals surface area contributed by atoms with E-state index in [2.05, 4.69) is 11.4 Å². The van der Waals surface area contributed by atoms with E-state index >= 15 is 0 Å². The van der Waals surface area contributed by atoms with E-state index in [1.54, 1.807) is 11.3 Å². The van der Waals surface area contributed by atoms with Gasteiger partial charge in [-0.25, -0.2) is 0 Å². The largest absolute Gasteiger partial charge is 0.355 e. The van der Waals surface area contributed by atoms with Crippen molar-refractivity contribution < 1.29 is 4.79 Å². The molecule has 0 aromatic carbocycles. The van der Waals surface area contributed by atoms with E-state index in [4.69, 9.17) is 11.6 Å². The second-order valence-corrected chi connectivity index (χ2v) is 5.05. The number of amides is 1. The van der Waals surface area contributed by atoms with Crippen molar-refractivity contribution in [3.63, 3.8) is 0 Å². The lowest BCUT2D eigenvalue weighted by molar-refractivity contribution is -0.122. The molecule has 1 heterocycles. The van der Waals surface area contributed by atoms with Crippen LogP contribution in [0.4, 0.5) is 0 Å². The Morgan fingerprint density at radius 1 is 1.62 bits per heavy atom. The third-order valence-corrected chi connectivity index (χ3v) is 3.18. The Morgan fingerprint density at radius 2 is 2.44 bits per heavy atom. The number of nitrogens with zero attached hydrogens (tertiary/aromatic N) is 1. The van der Waals surface area contributed by atoms with Gasteiger partial charge in [0.2, 0.25) is 5.91 Å². The fourth-order valence-corrected chi connectivity index (χ4v) is 2.24. The van der Waals surface area contributed by atoms with Gasteiger partial charge in [0.25, 0.3) is 0 Å². The SMILES string of the molecule is CN(CC(=O)NCCCCl)Cc1cccs1. The topological polar surface area (TPSA) is 32.3 Å². The molecule has 0 radical (unpaired) electrons. The lowest BCUT2D eigenvalue weighted by Crippen LogP contribution is -2.35. The second-order valence-electron chi connectivity index (χ2n) is 3.64. The van der Waals surface area contributed by atoms with Crippen LogP contribution in [0, 0.1) is 0 Å². The number of alkyl halides is 1. The van der Waals surface area contributed by atoms with E-state index in [0.717, 1.165) is 13.0 Å². The normalized spacial score (nSPS) is 10.7. The van der Waals surface area contributed by atoms with Gasteiger partial charge in [-0.2, -0.15) is 0 Å². The zero-order valence-electron chi connectivity index (χ0n) is 9.41. The number of carbonyl (C=O) groups is 1. The zero-order chi connectivity index (χ0) is 11.8. The summed E-state index contributed by atoms with van der Waals surface area (Å²) in [7, 11) is 1.95. The average molecular weight is 261 g/mol. The molecule has 0 bridgehead atoms. The highest BCUT2D eigenvalue weighted by molar-refractivity contribution is 7.09. The van der Waals surface area contributed by atoms with Crippen LogP contribution in [0.2, 0.25) is 0 Å². The predicted octanol–water partition coefficient (Wildman–Crippen LogP) is 1.92. The van der Waals surface area contributed by atoms with Gasteiger partial charge in [-0.1, -0.05) is 6.07 Å². The third kappa shape index (κ3) is 5.49. The van der Waals surface area contributed by atoms with Crippen LogP contribution in [0.5, 0.6) is 0 Å². The summed E-state index contributed by atoms with van der Waals surface area (Å²) >= 11 is 7.23. The van der Waals surface area contributed by atoms with E-state index in [1.165, 1.54) is 4.88 Å². The van der Waals surface area contributed by atoms with Gasteiger partial charge in [-0.3, -0.25) is 9.69 Å². The minimum Gasteiger partial charge on any atom is -0.355 e. The molecule has 3 nitrogen and oxygen atoms in total. The maximum atomic E-state index is 11.5. The first-order valence-corrected chi connectivity index (χ1v) is 6.67. The van der Waals surface area contributed by atoms with Gasteiger partial charge in [0, 0.05) is 23.8 Å². The first-order valence-electron chi connectivity index (χ1n) is 5.26. The number of halogens is 1. The van der Waals surface area contributed by atoms with Crippen molar-refractivity contribution in [1.29, 1.82) is 0 Å². The zero-order valence-corrected chi connectivity index (χ0v) is 11.0. The van der Waals surface area contributed by atoms with Crippen molar-refractivity contribution in [2.45, 2.75) is 13.0 Å². The van der Waals surface area contributed by atoms with E-state index in [-0.39, 0.29) is 5.91 Å². The minimum absolute atomic E-state index is 0.0594. The molecule has 0 saturated carbocycles. The molecule has 0 unspecified atom stereocenters. The van der Waals surface area contributed by atoms with E-state index in [9.17, 15) is 4.79 Å². The molecular weight excluding hydrogens is 244 g/mol. The van der Waals surface area contributed by atoms with Crippen LogP contribution in [-0.4, -0.2) is 36.8 Å². The number of nitrogens with one attached hydrogen (secondary N) is 1. The summed E-state index contributed by atoms with van der Waals surface area (Å²) in [6, 6.07) is 4.10. The molecule has 0 aliphatic carbocycles. The first kappa shape index (κ1) is 13.5. The lowest BCUT2D eigenvalue weighted by atomic mass is 10.4. The molecule has 1 aromatic heterocycles. The van der Waals surface area contributed by atoms with Crippen molar-refractivity contribution in [2.75, 3.05) is 26.0 Å². The summed E-state index contributed by atoms with van der Waals surface area (Å²) in [6.07, 6.45) is 0.821. The summed E-state index contributed by atoms with van der Waals surface area (Å²) in [5.41, 5.74) is 0. The molecular formula is C11H17ClN2OS. The first-order chi connectivity index (χ1) is 7.72. The highest BCUT2D eigenvalue weighted by atomic mass is 35.5. The second kappa shape index (κ2) is 7.65. The number of hydrogen-bond donors (Lipinski definition) is 1. The Bertz CT molecular complexity index is 303. The monoisotopic (exact) mass is 260 g/mol. The summed E-state index contributed by atoms with van der Waals surface area (Å²) in [5.74, 6) is 0.648. The van der Waals surface area contributed by atoms with E-state index < -0.39 is 0 Å². The Balaban J connectivity index is 2.18. The molecule has 0 fully saturated rings. The maximum absolute atomic E-state index is 11.5. The van der Waals surface area contributed by atoms with E-state index in [0.29, 0.717) is 19.0 Å². The van der Waals surface area contributed by atoms with Crippen LogP contribution in [0.3, 0.4) is 0 Å². The van der Waals surface area contributed by atoms with Crippen LogP contribution in [0.25, 0.3) is 0 Å². The average Bonchev–Trinajstić information content (AvgIpc) is 2.70. The minimum atomic E-state index is 0.0594. The molecule has 90 valence electrons. The standard InChI is InChI=1S/C11H17ClN2OS/c1-14(8-10-4-2-7-16-10)9-11(15)13-6-3-5-12/h2,4,7H,3,5-6,8-9H2,1H3,(H,13,15). The van der Waals surface area contributed by atoms with Gasteiger partial charge in [-0.15, -0.1) is 22.9 Å². The molecule has 16 heavy (non-hydrogen) atoms. The van der Waals surface area contributed by atoms with Gasteiger partial charge in [0.05, 0.1) is 6.54 Å². The predicted molar refractivity (Wildman–Crippen MR) is 69.0 cm³/mol. The van der Waals surface area contributed by atoms with Crippen molar-refractivity contribution >= 4 is 28.8 Å². The number of likely N-dealkylation sites (N-methyl/N-ethyl adjacent to an activating group) is 1. The van der Waals surface area contributed by atoms with Crippen LogP contribution >= 0.6 is 22.9 Å². The Labute approximate surface area is 105 Å². The number of rotatable bonds is 7. The van der Waals surface area contributed by atoms with Crippen LogP contribution < -0.4 is 5.32 Å². The van der Waals surface area contributed by atoms with Gasteiger partial charge in [0.15, 0.2) is 0 Å². The molecule has 1 aromatic rings. The summed E-state index contributed by atoms with van der Waals surface area (Å²) < 4.78 is 0. The molecule has 5 heteroatoms. The summed E-state index contributed by atoms with van der Waals surface area (Å²) in [6.45, 7) is 1.91. The van der Waals surface area contributed by atoms with Crippen molar-refractivity contribution in [2.24, 2.45) is 0 Å². The number of hydrogen-bond acceptors (Lipinski definition) is 3. The van der Waals surface area contributed by atoms with Gasteiger partial charge >= 0.3 is 0 Å². The summed E-state index contributed by atoms with van der Waals surface area (Å²) in [5, 5.41) is 4.88. The van der Waals surface area contributed by atoms with Crippen LogP contribution in [0.15, 0.2) is 17.5 Å². The molecule has 0 atom stereocenters. The fourth-order valence-electron chi connectivity index (χ4n) is 1.32. The number of carbonyl (C=O) groups excluding carboxylic acids is 1. The highest BCUT2D eigenvalue weighted by Crippen LogP contribution is 2.10. The Hall–Kier alpha value is -0.580. The fraction of sp³-hybridized carbons (Fsp3) is 0.545. The van der Waals surface area contributed by atoms with Crippen molar-refractivity contribution in [1.82, 2.24) is 10.2 Å². The molecule has 0 spiro atoms. The Kier molecular flexibility index (Phi) is 6.45. The molecule has 1 rings (SSSR count). The molecule has 1 N–H and O–H groups in total. The number of thiophene rings is 1. The summed E-state index contributed by atoms with van der Waals surface area (Å²) in [4.78, 5) is 14.7. The van der Waals surface area contributed by atoms with Crippen molar-refractivity contribution in [3.05, 3.63) is 22.4 Å². The van der Waals surface area contributed by atoms with Gasteiger partial charge in [-0.05, 0) is 24.9 Å². The van der Waals surface area contributed by atoms with Crippen LogP contribution in [0.1, 0.15) is 11.3 Å². The smallest absolute Gasteiger partial charge is 0.234 e. The molecule has 0 aliphatic rings. The van der Waals surface area contributed by atoms with Crippen molar-refractivity contribution in [3.8, 4) is 0 Å². The molecule has 1 amide bonds. The quantitative estimate of drug-likeness (QED) is 0.600. The molecule has 0 saturated heterocycles. The van der Waals surface area contributed by atoms with Crippen LogP contribution in [-0.2, 0) is 11.3 Å². The van der Waals surface area contributed by atoms with Gasteiger partial charge in [0.1, 0.15) is 0 Å². The third-order valence-electron chi connectivity index (χ3n) is 2.05. The van der Waals surface area contributed by atoms with E-state index in [1.807, 2.05) is 23.4 Å². The highest BCUT2D eigenvalue weighted by Gasteiger charge is 2.06.